The van der Waals surface area contributed by atoms with Gasteiger partial charge in [-0.2, -0.15) is 0 Å². The maximum atomic E-state index is 15.0. The number of nitrogens with zero attached hydrogens (tertiary/aromatic N) is 2. The van der Waals surface area contributed by atoms with Crippen LogP contribution in [0.3, 0.4) is 0 Å². The summed E-state index contributed by atoms with van der Waals surface area (Å²) in [6.45, 7) is 14.8. The summed E-state index contributed by atoms with van der Waals surface area (Å²) in [5, 5.41) is 25.0. The van der Waals surface area contributed by atoms with E-state index in [9.17, 15) is 19.4 Å². The summed E-state index contributed by atoms with van der Waals surface area (Å²) < 4.78 is 47.6. The Kier molecular flexibility index (Phi) is 17.2. The molecule has 1 heterocycles. The molecule has 1 aliphatic heterocycles. The molecule has 364 valence electrons. The van der Waals surface area contributed by atoms with Crippen molar-refractivity contribution in [1.82, 2.24) is 4.90 Å². The SMILES string of the molecule is C=CCO[C@@]12Oc3ccc(Oc4ccc(C)c(C)c4)cc3[C@H]3[C@H](CCCCO)[C@@H](CCCCO)C=C(C(=NOC(C)(C)C)C[C@@H]1N(Cc1ccc(F)cc1)C(=O)OCCOCc1ccccc1)[C@H]32. The quantitative estimate of drug-likeness (QED) is 0.0450. The van der Waals surface area contributed by atoms with E-state index in [1.807, 2.05) is 81.4 Å². The standard InChI is InChI=1S/C56H69FN2O9/c1-7-29-65-56-51(59(36-40-20-22-43(57)23-21-40)54(62)64-31-30-63-37-41-15-9-8-10-16-41)35-49(58-68-55(4,5)6)47-33-42(17-11-13-27-60)46(18-12-14-28-61)52(53(47)56)48-34-45(25-26-50(48)67-56)66-44-24-19-38(2)39(3)32-44/h7-10,15-16,19-26,32-34,42,46,51-53,60-61H,1,11-14,17-18,27-31,35-37H2,2-6H3/t42-,46+,51-,52+,53+,56+/m0/s1. The number of rotatable bonds is 22. The van der Waals surface area contributed by atoms with Crippen LogP contribution in [0.1, 0.15) is 99.5 Å². The van der Waals surface area contributed by atoms with Gasteiger partial charge in [0.15, 0.2) is 0 Å². The van der Waals surface area contributed by atoms with E-state index in [0.717, 1.165) is 47.9 Å². The fourth-order valence-electron chi connectivity index (χ4n) is 9.94. The number of hydrogen-bond acceptors (Lipinski definition) is 10. The van der Waals surface area contributed by atoms with E-state index in [4.69, 9.17) is 33.7 Å². The highest BCUT2D eigenvalue weighted by atomic mass is 19.1. The third-order valence-electron chi connectivity index (χ3n) is 13.2. The van der Waals surface area contributed by atoms with Gasteiger partial charge < -0.3 is 38.7 Å². The highest BCUT2D eigenvalue weighted by molar-refractivity contribution is 6.03. The van der Waals surface area contributed by atoms with Crippen LogP contribution in [0.15, 0.2) is 120 Å². The lowest BCUT2D eigenvalue weighted by Gasteiger charge is -2.60. The summed E-state index contributed by atoms with van der Waals surface area (Å²) in [7, 11) is 0. The second-order valence-corrected chi connectivity index (χ2v) is 19.2. The predicted molar refractivity (Wildman–Crippen MR) is 261 cm³/mol. The summed E-state index contributed by atoms with van der Waals surface area (Å²) >= 11 is 0. The van der Waals surface area contributed by atoms with Crippen LogP contribution in [0.2, 0.25) is 0 Å². The van der Waals surface area contributed by atoms with Gasteiger partial charge in [0, 0.05) is 37.7 Å². The molecule has 7 rings (SSSR count). The van der Waals surface area contributed by atoms with Crippen LogP contribution in [0.25, 0.3) is 0 Å². The van der Waals surface area contributed by atoms with E-state index in [2.05, 4.69) is 32.6 Å². The Bertz CT molecular complexity index is 2360. The molecule has 2 aliphatic carbocycles. The smallest absolute Gasteiger partial charge is 0.410 e. The molecule has 0 radical (unpaired) electrons. The molecular weight excluding hydrogens is 864 g/mol. The lowest BCUT2D eigenvalue weighted by atomic mass is 9.55. The van der Waals surface area contributed by atoms with Gasteiger partial charge in [0.2, 0.25) is 5.79 Å². The lowest BCUT2D eigenvalue weighted by molar-refractivity contribution is -0.256. The summed E-state index contributed by atoms with van der Waals surface area (Å²) in [6, 6.07) is 26.9. The van der Waals surface area contributed by atoms with Crippen LogP contribution >= 0.6 is 0 Å². The number of amides is 1. The third-order valence-corrected chi connectivity index (χ3v) is 13.2. The van der Waals surface area contributed by atoms with Gasteiger partial charge in [-0.3, -0.25) is 4.90 Å². The predicted octanol–water partition coefficient (Wildman–Crippen LogP) is 11.5. The van der Waals surface area contributed by atoms with Crippen LogP contribution in [0.4, 0.5) is 9.18 Å². The lowest BCUT2D eigenvalue weighted by Crippen LogP contribution is -2.70. The van der Waals surface area contributed by atoms with Gasteiger partial charge in [-0.05, 0) is 142 Å². The number of allylic oxidation sites excluding steroid dienone is 1. The van der Waals surface area contributed by atoms with Gasteiger partial charge >= 0.3 is 6.09 Å². The van der Waals surface area contributed by atoms with Gasteiger partial charge in [0.05, 0.1) is 31.5 Å². The number of oxime groups is 1. The first-order valence-corrected chi connectivity index (χ1v) is 24.2. The Morgan fingerprint density at radius 1 is 0.897 bits per heavy atom. The summed E-state index contributed by atoms with van der Waals surface area (Å²) in [6.07, 6.45) is 7.96. The van der Waals surface area contributed by atoms with E-state index in [-0.39, 0.29) is 63.8 Å². The molecule has 0 spiro atoms. The molecule has 1 saturated carbocycles. The van der Waals surface area contributed by atoms with Crippen molar-refractivity contribution in [3.8, 4) is 17.2 Å². The van der Waals surface area contributed by atoms with Crippen LogP contribution in [-0.2, 0) is 32.2 Å². The maximum absolute atomic E-state index is 15.0. The Balaban J connectivity index is 1.40. The molecule has 12 heteroatoms. The molecule has 1 amide bonds. The fourth-order valence-corrected chi connectivity index (χ4v) is 9.94. The average Bonchev–Trinajstić information content (AvgIpc) is 3.32. The summed E-state index contributed by atoms with van der Waals surface area (Å²) in [4.78, 5) is 22.9. The van der Waals surface area contributed by atoms with Crippen molar-refractivity contribution >= 4 is 11.8 Å². The number of unbranched alkanes of at least 4 members (excludes halogenated alkanes) is 2. The van der Waals surface area contributed by atoms with Crippen molar-refractivity contribution in [1.29, 1.82) is 0 Å². The number of aliphatic hydroxyl groups is 2. The Morgan fingerprint density at radius 3 is 2.32 bits per heavy atom. The molecule has 0 unspecified atom stereocenters. The third kappa shape index (κ3) is 12.2. The summed E-state index contributed by atoms with van der Waals surface area (Å²) in [5.41, 5.74) is 5.79. The largest absolute Gasteiger partial charge is 0.459 e. The number of benzene rings is 4. The fraction of sp³-hybridized carbons (Fsp3) is 0.464. The molecule has 0 bridgehead atoms. The number of aryl methyl sites for hydroxylation is 2. The zero-order valence-electron chi connectivity index (χ0n) is 40.3. The van der Waals surface area contributed by atoms with Crippen LogP contribution in [0, 0.1) is 37.4 Å². The molecule has 1 fully saturated rings. The van der Waals surface area contributed by atoms with Crippen molar-refractivity contribution in [3.05, 3.63) is 149 Å². The maximum Gasteiger partial charge on any atom is 0.410 e. The minimum Gasteiger partial charge on any atom is -0.459 e. The van der Waals surface area contributed by atoms with Gasteiger partial charge in [-0.1, -0.05) is 78.7 Å². The molecule has 3 aliphatic rings. The molecule has 0 aromatic heterocycles. The van der Waals surface area contributed by atoms with Crippen molar-refractivity contribution < 1.29 is 47.9 Å². The van der Waals surface area contributed by atoms with Gasteiger partial charge in [0.25, 0.3) is 0 Å². The van der Waals surface area contributed by atoms with Crippen molar-refractivity contribution in [2.24, 2.45) is 22.9 Å². The molecule has 6 atom stereocenters. The molecule has 2 N–H and O–H groups in total. The minimum absolute atomic E-state index is 0.00279. The number of fused-ring (bicyclic) bond motifs is 2. The number of carbonyl (C=O) groups is 1. The first kappa shape index (κ1) is 50.3. The number of halogens is 1. The molecule has 4 aromatic rings. The van der Waals surface area contributed by atoms with Crippen LogP contribution < -0.4 is 9.47 Å². The Hall–Kier alpha value is -5.53. The van der Waals surface area contributed by atoms with E-state index in [0.29, 0.717) is 48.0 Å². The van der Waals surface area contributed by atoms with E-state index >= 15 is 0 Å². The molecule has 4 aromatic carbocycles. The van der Waals surface area contributed by atoms with Gasteiger partial charge in [-0.25, -0.2) is 9.18 Å². The van der Waals surface area contributed by atoms with Crippen molar-refractivity contribution in [2.75, 3.05) is 33.0 Å². The second-order valence-electron chi connectivity index (χ2n) is 19.2. The van der Waals surface area contributed by atoms with Crippen LogP contribution in [0.5, 0.6) is 17.2 Å². The van der Waals surface area contributed by atoms with E-state index in [1.165, 1.54) is 17.7 Å². The average molecular weight is 933 g/mol. The first-order valence-electron chi connectivity index (χ1n) is 24.2. The van der Waals surface area contributed by atoms with E-state index < -0.39 is 35.3 Å². The van der Waals surface area contributed by atoms with E-state index in [1.54, 1.807) is 23.1 Å². The highest BCUT2D eigenvalue weighted by Crippen LogP contribution is 2.62. The molecule has 68 heavy (non-hydrogen) atoms. The zero-order chi connectivity index (χ0) is 48.3. The topological polar surface area (TPSA) is 129 Å². The molecule has 0 saturated heterocycles. The number of carbonyl (C=O) groups excluding carboxylic acids is 1. The summed E-state index contributed by atoms with van der Waals surface area (Å²) in [5.74, 6) is -0.782. The monoisotopic (exact) mass is 932 g/mol. The Labute approximate surface area is 401 Å². The Morgan fingerprint density at radius 2 is 1.62 bits per heavy atom. The first-order chi connectivity index (χ1) is 32.8. The minimum atomic E-state index is -1.54. The second kappa shape index (κ2) is 23.2. The molecular formula is C56H69FN2O9. The number of hydrogen-bond donors (Lipinski definition) is 2. The zero-order valence-corrected chi connectivity index (χ0v) is 40.3. The molecule has 11 nitrogen and oxygen atoms in total. The van der Waals surface area contributed by atoms with Gasteiger partial charge in [0.1, 0.15) is 41.3 Å². The van der Waals surface area contributed by atoms with Gasteiger partial charge in [-0.15, -0.1) is 6.58 Å². The van der Waals surface area contributed by atoms with Crippen molar-refractivity contribution in [3.63, 3.8) is 0 Å². The highest BCUT2D eigenvalue weighted by Gasteiger charge is 2.65. The number of aliphatic hydroxyl groups excluding tert-OH is 2. The van der Waals surface area contributed by atoms with Crippen molar-refractivity contribution in [2.45, 2.75) is 116 Å². The van der Waals surface area contributed by atoms with Crippen LogP contribution in [-0.4, -0.2) is 77.4 Å². The normalized spacial score (nSPS) is 22.3. The number of ether oxygens (including phenoxy) is 5.